The molecule has 0 spiro atoms. The van der Waals surface area contributed by atoms with Crippen LogP contribution >= 0.6 is 0 Å². The molecule has 0 aromatic heterocycles. The Morgan fingerprint density at radius 3 is 2.42 bits per heavy atom. The molecule has 0 saturated heterocycles. The molecule has 2 aromatic rings. The van der Waals surface area contributed by atoms with E-state index in [1.807, 2.05) is 13.0 Å². The predicted molar refractivity (Wildman–Crippen MR) is 88.7 cm³/mol. The molecule has 0 N–H and O–H groups in total. The molecule has 1 heterocycles. The molecule has 0 fully saturated rings. The minimum absolute atomic E-state index is 0.0953. The highest BCUT2D eigenvalue weighted by Gasteiger charge is 2.30. The number of allylic oxidation sites excluding steroid dienone is 1. The van der Waals surface area contributed by atoms with Gasteiger partial charge in [0.1, 0.15) is 5.75 Å². The number of halogens is 3. The summed E-state index contributed by atoms with van der Waals surface area (Å²) in [7, 11) is 0. The Bertz CT molecular complexity index is 881. The van der Waals surface area contributed by atoms with Crippen LogP contribution in [0.2, 0.25) is 0 Å². The Labute approximate surface area is 148 Å². The molecule has 1 aliphatic heterocycles. The summed E-state index contributed by atoms with van der Waals surface area (Å²) in [6, 6.07) is 9.79. The highest BCUT2D eigenvalue weighted by Crippen LogP contribution is 2.39. The number of hydrogen-bond acceptors (Lipinski definition) is 4. The van der Waals surface area contributed by atoms with Gasteiger partial charge >= 0.3 is 6.18 Å². The van der Waals surface area contributed by atoms with E-state index in [0.717, 1.165) is 12.1 Å². The summed E-state index contributed by atoms with van der Waals surface area (Å²) in [5, 5.41) is 9.45. The highest BCUT2D eigenvalue weighted by molar-refractivity contribution is 5.91. The third-order valence-electron chi connectivity index (χ3n) is 3.75. The molecular formula is C19H14F3NO3. The molecule has 4 nitrogen and oxygen atoms in total. The lowest BCUT2D eigenvalue weighted by Crippen LogP contribution is -2.04. The van der Waals surface area contributed by atoms with Crippen LogP contribution in [0.25, 0.3) is 11.6 Å². The smallest absolute Gasteiger partial charge is 0.416 e. The molecule has 0 saturated carbocycles. The molecular weight excluding hydrogens is 347 g/mol. The Morgan fingerprint density at radius 2 is 1.85 bits per heavy atom. The largest absolute Gasteiger partial charge is 0.493 e. The molecule has 0 unspecified atom stereocenters. The minimum Gasteiger partial charge on any atom is -0.493 e. The average Bonchev–Trinajstić information content (AvgIpc) is 3.06. The average molecular weight is 361 g/mol. The van der Waals surface area contributed by atoms with Gasteiger partial charge in [-0.2, -0.15) is 18.4 Å². The monoisotopic (exact) mass is 361 g/mol. The second-order valence-electron chi connectivity index (χ2n) is 5.42. The van der Waals surface area contributed by atoms with Gasteiger partial charge in [-0.3, -0.25) is 0 Å². The fourth-order valence-electron chi connectivity index (χ4n) is 2.51. The first kappa shape index (κ1) is 17.7. The van der Waals surface area contributed by atoms with Crippen molar-refractivity contribution in [2.75, 3.05) is 13.4 Å². The van der Waals surface area contributed by atoms with E-state index in [-0.39, 0.29) is 12.4 Å². The summed E-state index contributed by atoms with van der Waals surface area (Å²) in [5.74, 6) is 1.56. The first-order chi connectivity index (χ1) is 12.4. The van der Waals surface area contributed by atoms with Crippen LogP contribution in [0, 0.1) is 11.3 Å². The first-order valence-corrected chi connectivity index (χ1v) is 7.78. The zero-order valence-corrected chi connectivity index (χ0v) is 13.8. The Morgan fingerprint density at radius 1 is 1.19 bits per heavy atom. The van der Waals surface area contributed by atoms with Crippen LogP contribution in [-0.2, 0) is 6.18 Å². The number of nitriles is 1. The van der Waals surface area contributed by atoms with Crippen molar-refractivity contribution < 1.29 is 27.4 Å². The zero-order chi connectivity index (χ0) is 18.7. The maximum absolute atomic E-state index is 12.7. The number of hydrogen-bond donors (Lipinski definition) is 0. The van der Waals surface area contributed by atoms with Gasteiger partial charge in [0.2, 0.25) is 6.79 Å². The van der Waals surface area contributed by atoms with Crippen molar-refractivity contribution in [1.29, 1.82) is 5.26 Å². The van der Waals surface area contributed by atoms with Crippen LogP contribution in [-0.4, -0.2) is 13.4 Å². The fourth-order valence-corrected chi connectivity index (χ4v) is 2.51. The number of alkyl halides is 3. The van der Waals surface area contributed by atoms with Gasteiger partial charge in [0.05, 0.1) is 23.8 Å². The molecule has 0 atom stereocenters. The molecule has 3 rings (SSSR count). The topological polar surface area (TPSA) is 51.5 Å². The van der Waals surface area contributed by atoms with Crippen molar-refractivity contribution in [1.82, 2.24) is 0 Å². The summed E-state index contributed by atoms with van der Waals surface area (Å²) in [4.78, 5) is 0. The van der Waals surface area contributed by atoms with E-state index in [0.29, 0.717) is 35.0 Å². The van der Waals surface area contributed by atoms with Crippen molar-refractivity contribution in [3.05, 3.63) is 53.1 Å². The maximum Gasteiger partial charge on any atom is 0.416 e. The predicted octanol–water partition coefficient (Wildman–Crippen LogP) is 4.90. The van der Waals surface area contributed by atoms with E-state index in [2.05, 4.69) is 0 Å². The summed E-state index contributed by atoms with van der Waals surface area (Å²) in [6.45, 7) is 2.32. The molecule has 1 aliphatic rings. The first-order valence-electron chi connectivity index (χ1n) is 7.78. The third-order valence-corrected chi connectivity index (χ3v) is 3.75. The number of rotatable bonds is 4. The van der Waals surface area contributed by atoms with Gasteiger partial charge in [-0.15, -0.1) is 0 Å². The minimum atomic E-state index is -4.42. The molecule has 134 valence electrons. The molecule has 0 bridgehead atoms. The summed E-state index contributed by atoms with van der Waals surface area (Å²) in [6.07, 6.45) is -2.87. The Balaban J connectivity index is 2.00. The number of fused-ring (bicyclic) bond motifs is 1. The van der Waals surface area contributed by atoms with E-state index in [4.69, 9.17) is 14.2 Å². The van der Waals surface area contributed by atoms with Crippen molar-refractivity contribution >= 4 is 11.6 Å². The Kier molecular flexibility index (Phi) is 4.76. The molecule has 0 radical (unpaired) electrons. The maximum atomic E-state index is 12.7. The zero-order valence-electron chi connectivity index (χ0n) is 13.8. The Hall–Kier alpha value is -3.14. The van der Waals surface area contributed by atoms with E-state index in [1.165, 1.54) is 12.1 Å². The SMILES string of the molecule is CCOc1cc2c(cc1C=C(C#N)c1ccc(C(F)(F)F)cc1)OCO2. The highest BCUT2D eigenvalue weighted by atomic mass is 19.4. The summed E-state index contributed by atoms with van der Waals surface area (Å²) < 4.78 is 54.3. The van der Waals surface area contributed by atoms with Crippen molar-refractivity contribution in [3.63, 3.8) is 0 Å². The second kappa shape index (κ2) is 7.00. The number of benzene rings is 2. The normalized spacial score (nSPS) is 13.4. The van der Waals surface area contributed by atoms with E-state index >= 15 is 0 Å². The number of ether oxygens (including phenoxy) is 3. The van der Waals surface area contributed by atoms with E-state index in [9.17, 15) is 18.4 Å². The molecule has 26 heavy (non-hydrogen) atoms. The van der Waals surface area contributed by atoms with Crippen LogP contribution in [0.15, 0.2) is 36.4 Å². The summed E-state index contributed by atoms with van der Waals surface area (Å²) >= 11 is 0. The van der Waals surface area contributed by atoms with Gasteiger partial charge in [-0.05, 0) is 36.8 Å². The van der Waals surface area contributed by atoms with Gasteiger partial charge in [0.15, 0.2) is 11.5 Å². The fraction of sp³-hybridized carbons (Fsp3) is 0.211. The quantitative estimate of drug-likeness (QED) is 0.574. The summed E-state index contributed by atoms with van der Waals surface area (Å²) in [5.41, 5.74) is 0.392. The molecule has 0 amide bonds. The molecule has 2 aromatic carbocycles. The van der Waals surface area contributed by atoms with E-state index in [1.54, 1.807) is 18.2 Å². The standard InChI is InChI=1S/C19H14F3NO3/c1-2-24-16-9-18-17(25-11-26-18)8-13(16)7-14(10-23)12-3-5-15(6-4-12)19(20,21)22/h3-9H,2,11H2,1H3. The van der Waals surface area contributed by atoms with Crippen LogP contribution in [0.4, 0.5) is 13.2 Å². The van der Waals surface area contributed by atoms with Gasteiger partial charge in [0.25, 0.3) is 0 Å². The van der Waals surface area contributed by atoms with Gasteiger partial charge in [-0.25, -0.2) is 0 Å². The van der Waals surface area contributed by atoms with Crippen LogP contribution < -0.4 is 14.2 Å². The van der Waals surface area contributed by atoms with Crippen molar-refractivity contribution in [2.24, 2.45) is 0 Å². The molecule has 0 aliphatic carbocycles. The van der Waals surface area contributed by atoms with Gasteiger partial charge in [-0.1, -0.05) is 12.1 Å². The van der Waals surface area contributed by atoms with Crippen LogP contribution in [0.3, 0.4) is 0 Å². The van der Waals surface area contributed by atoms with Crippen molar-refractivity contribution in [2.45, 2.75) is 13.1 Å². The van der Waals surface area contributed by atoms with Crippen LogP contribution in [0.5, 0.6) is 17.2 Å². The van der Waals surface area contributed by atoms with Crippen molar-refractivity contribution in [3.8, 4) is 23.3 Å². The second-order valence-corrected chi connectivity index (χ2v) is 5.42. The number of nitrogens with zero attached hydrogens (tertiary/aromatic N) is 1. The van der Waals surface area contributed by atoms with Gasteiger partial charge in [0, 0.05) is 11.6 Å². The molecule has 7 heteroatoms. The lowest BCUT2D eigenvalue weighted by atomic mass is 10.0. The van der Waals surface area contributed by atoms with Crippen LogP contribution in [0.1, 0.15) is 23.6 Å². The third kappa shape index (κ3) is 3.59. The van der Waals surface area contributed by atoms with E-state index < -0.39 is 11.7 Å². The lowest BCUT2D eigenvalue weighted by molar-refractivity contribution is -0.137. The van der Waals surface area contributed by atoms with Gasteiger partial charge < -0.3 is 14.2 Å². The lowest BCUT2D eigenvalue weighted by Gasteiger charge is -2.10.